The molecule has 0 aliphatic rings. The highest BCUT2D eigenvalue weighted by atomic mass is 19.1. The normalized spacial score (nSPS) is 10.0. The lowest BCUT2D eigenvalue weighted by molar-refractivity contribution is -0.693. The van der Waals surface area contributed by atoms with Crippen molar-refractivity contribution < 1.29 is 23.4 Å². The number of carbonyl (C=O) groups is 1. The molecule has 14 heavy (non-hydrogen) atoms. The average molecular weight is 201 g/mol. The molecule has 76 valence electrons. The lowest BCUT2D eigenvalue weighted by atomic mass is 10.3. The number of hydrogen-bond acceptors (Lipinski definition) is 3. The van der Waals surface area contributed by atoms with Gasteiger partial charge in [0, 0.05) is 0 Å². The minimum atomic E-state index is -2.58. The minimum absolute atomic E-state index is 0.184. The molecule has 0 unspecified atom stereocenters. The molecular formula is C7H11BFN2O3+. The van der Waals surface area contributed by atoms with Crippen LogP contribution in [-0.2, 0) is 18.2 Å². The molecule has 0 fully saturated rings. The lowest BCUT2D eigenvalue weighted by Gasteiger charge is -1.97. The van der Waals surface area contributed by atoms with Crippen LogP contribution in [0.25, 0.3) is 0 Å². The molecule has 0 amide bonds. The molecule has 0 aliphatic heterocycles. The first-order chi connectivity index (χ1) is 6.54. The van der Waals surface area contributed by atoms with E-state index in [0.717, 1.165) is 0 Å². The fourth-order valence-electron chi connectivity index (χ4n) is 1.08. The Morgan fingerprint density at radius 1 is 1.86 bits per heavy atom. The van der Waals surface area contributed by atoms with Gasteiger partial charge in [0.15, 0.2) is 0 Å². The summed E-state index contributed by atoms with van der Waals surface area (Å²) in [7, 11) is -0.944. The molecule has 5 nitrogen and oxygen atoms in total. The molecule has 0 bridgehead atoms. The number of hydrogen-bond donors (Lipinski definition) is 1. The second-order valence-electron chi connectivity index (χ2n) is 2.77. The summed E-state index contributed by atoms with van der Waals surface area (Å²) in [5, 5.41) is 8.21. The van der Waals surface area contributed by atoms with Crippen LogP contribution in [0.5, 0.6) is 0 Å². The Morgan fingerprint density at radius 3 is 2.93 bits per heavy atom. The van der Waals surface area contributed by atoms with Gasteiger partial charge in [-0.05, 0) is 6.92 Å². The zero-order valence-electron chi connectivity index (χ0n) is 7.98. The van der Waals surface area contributed by atoms with Crippen LogP contribution >= 0.6 is 0 Å². The van der Waals surface area contributed by atoms with Gasteiger partial charge >= 0.3 is 13.4 Å². The van der Waals surface area contributed by atoms with Gasteiger partial charge in [-0.3, -0.25) is 0 Å². The summed E-state index contributed by atoms with van der Waals surface area (Å²) in [5.74, 6) is -0.894. The zero-order chi connectivity index (χ0) is 10.7. The van der Waals surface area contributed by atoms with E-state index >= 15 is 0 Å². The SMILES string of the molecule is CC[n+]1cc(C(=O)OB(O)F)n(C)c1. The molecular weight excluding hydrogens is 190 g/mol. The maximum atomic E-state index is 12.0. The standard InChI is InChI=1S/C7H11BFN2O3/c1-3-11-4-6(10(2)5-11)7(12)14-8(9)13/h4-5,13H,3H2,1-2H3/q+1. The van der Waals surface area contributed by atoms with Gasteiger partial charge in [-0.15, -0.1) is 0 Å². The third kappa shape index (κ3) is 2.32. The van der Waals surface area contributed by atoms with Gasteiger partial charge in [0.25, 0.3) is 0 Å². The molecule has 0 radical (unpaired) electrons. The van der Waals surface area contributed by atoms with Gasteiger partial charge in [0.05, 0.1) is 13.6 Å². The van der Waals surface area contributed by atoms with E-state index in [-0.39, 0.29) is 5.69 Å². The van der Waals surface area contributed by atoms with Gasteiger partial charge in [-0.2, -0.15) is 0 Å². The number of nitrogens with zero attached hydrogens (tertiary/aromatic N) is 2. The predicted molar refractivity (Wildman–Crippen MR) is 45.8 cm³/mol. The van der Waals surface area contributed by atoms with Gasteiger partial charge in [-0.25, -0.2) is 18.2 Å². The van der Waals surface area contributed by atoms with E-state index in [0.29, 0.717) is 6.54 Å². The summed E-state index contributed by atoms with van der Waals surface area (Å²) in [5.41, 5.74) is 0.184. The van der Waals surface area contributed by atoms with Crippen molar-refractivity contribution in [2.24, 2.45) is 7.05 Å². The first-order valence-corrected chi connectivity index (χ1v) is 4.13. The summed E-state index contributed by atoms with van der Waals surface area (Å²) < 4.78 is 19.2. The predicted octanol–water partition coefficient (Wildman–Crippen LogP) is -0.564. The van der Waals surface area contributed by atoms with E-state index in [2.05, 4.69) is 4.65 Å². The molecule has 0 atom stereocenters. The van der Waals surface area contributed by atoms with Crippen molar-refractivity contribution in [2.75, 3.05) is 0 Å². The third-order valence-electron chi connectivity index (χ3n) is 1.77. The Bertz CT molecular complexity index is 340. The summed E-state index contributed by atoms with van der Waals surface area (Å²) in [6.45, 7) is 2.60. The molecule has 1 heterocycles. The summed E-state index contributed by atoms with van der Waals surface area (Å²) in [4.78, 5) is 11.1. The Morgan fingerprint density at radius 2 is 2.50 bits per heavy atom. The highest BCUT2D eigenvalue weighted by Gasteiger charge is 2.25. The fraction of sp³-hybridized carbons (Fsp3) is 0.429. The largest absolute Gasteiger partial charge is 0.754 e. The maximum absolute atomic E-state index is 12.0. The molecule has 0 saturated carbocycles. The van der Waals surface area contributed by atoms with E-state index in [9.17, 15) is 9.11 Å². The number of aryl methyl sites for hydroxylation is 2. The molecule has 0 aliphatic carbocycles. The van der Waals surface area contributed by atoms with Crippen molar-refractivity contribution in [3.05, 3.63) is 18.2 Å². The Kier molecular flexibility index (Phi) is 3.24. The van der Waals surface area contributed by atoms with Crippen molar-refractivity contribution >= 4 is 13.4 Å². The molecule has 0 spiro atoms. The van der Waals surface area contributed by atoms with Crippen LogP contribution < -0.4 is 4.57 Å². The van der Waals surface area contributed by atoms with Gasteiger partial charge in [0.1, 0.15) is 6.20 Å². The van der Waals surface area contributed by atoms with Crippen LogP contribution in [0.4, 0.5) is 4.32 Å². The molecule has 1 N–H and O–H groups in total. The molecule has 1 aromatic heterocycles. The van der Waals surface area contributed by atoms with Gasteiger partial charge in [0.2, 0.25) is 12.0 Å². The van der Waals surface area contributed by atoms with Crippen molar-refractivity contribution in [2.45, 2.75) is 13.5 Å². The summed E-state index contributed by atoms with van der Waals surface area (Å²) in [6.07, 6.45) is 3.19. The second-order valence-corrected chi connectivity index (χ2v) is 2.77. The van der Waals surface area contributed by atoms with Crippen molar-refractivity contribution in [3.63, 3.8) is 0 Å². The Balaban J connectivity index is 2.84. The van der Waals surface area contributed by atoms with Crippen LogP contribution in [-0.4, -0.2) is 23.0 Å². The second kappa shape index (κ2) is 4.23. The summed E-state index contributed by atoms with van der Waals surface area (Å²) >= 11 is 0. The Hall–Kier alpha value is -1.37. The quantitative estimate of drug-likeness (QED) is 0.526. The van der Waals surface area contributed by atoms with E-state index in [1.807, 2.05) is 6.92 Å². The number of halogens is 1. The number of rotatable bonds is 3. The first-order valence-electron chi connectivity index (χ1n) is 4.13. The van der Waals surface area contributed by atoms with Crippen LogP contribution in [0, 0.1) is 0 Å². The first kappa shape index (κ1) is 10.7. The van der Waals surface area contributed by atoms with E-state index in [1.165, 1.54) is 10.8 Å². The molecule has 1 rings (SSSR count). The molecule has 0 saturated heterocycles. The number of imidazole rings is 1. The van der Waals surface area contributed by atoms with Gasteiger partial charge in [-0.1, -0.05) is 0 Å². The number of aromatic nitrogens is 2. The smallest absolute Gasteiger partial charge is 0.475 e. The lowest BCUT2D eigenvalue weighted by Crippen LogP contribution is -2.29. The summed E-state index contributed by atoms with van der Waals surface area (Å²) in [6, 6.07) is 0. The van der Waals surface area contributed by atoms with Crippen molar-refractivity contribution in [3.8, 4) is 0 Å². The van der Waals surface area contributed by atoms with E-state index in [4.69, 9.17) is 5.02 Å². The van der Waals surface area contributed by atoms with Crippen LogP contribution in [0.3, 0.4) is 0 Å². The van der Waals surface area contributed by atoms with Crippen LogP contribution in [0.2, 0.25) is 0 Å². The topological polar surface area (TPSA) is 55.3 Å². The third-order valence-corrected chi connectivity index (χ3v) is 1.77. The molecule has 7 heteroatoms. The van der Waals surface area contributed by atoms with E-state index in [1.54, 1.807) is 17.9 Å². The van der Waals surface area contributed by atoms with Crippen LogP contribution in [0.1, 0.15) is 17.4 Å². The highest BCUT2D eigenvalue weighted by molar-refractivity contribution is 6.37. The van der Waals surface area contributed by atoms with Crippen molar-refractivity contribution in [1.82, 2.24) is 4.57 Å². The minimum Gasteiger partial charge on any atom is -0.475 e. The fourth-order valence-corrected chi connectivity index (χ4v) is 1.08. The molecule has 1 aromatic rings. The zero-order valence-corrected chi connectivity index (χ0v) is 7.98. The van der Waals surface area contributed by atoms with Gasteiger partial charge < -0.3 is 9.68 Å². The average Bonchev–Trinajstić information content (AvgIpc) is 2.45. The van der Waals surface area contributed by atoms with Crippen LogP contribution in [0.15, 0.2) is 12.5 Å². The maximum Gasteiger partial charge on any atom is 0.754 e. The highest BCUT2D eigenvalue weighted by Crippen LogP contribution is 1.99. The monoisotopic (exact) mass is 201 g/mol. The molecule has 0 aromatic carbocycles. The Labute approximate surface area is 80.9 Å². The van der Waals surface area contributed by atoms with Crippen molar-refractivity contribution in [1.29, 1.82) is 0 Å². The number of carbonyl (C=O) groups excluding carboxylic acids is 1. The van der Waals surface area contributed by atoms with E-state index < -0.39 is 13.4 Å².